The van der Waals surface area contributed by atoms with Crippen molar-refractivity contribution in [3.05, 3.63) is 30.0 Å². The fraction of sp³-hybridized carbons (Fsp3) is 0.375. The van der Waals surface area contributed by atoms with E-state index in [0.717, 1.165) is 35.1 Å². The topological polar surface area (TPSA) is 82.6 Å². The molecule has 1 amide bonds. The van der Waals surface area contributed by atoms with Gasteiger partial charge in [0, 0.05) is 23.1 Å². The van der Waals surface area contributed by atoms with Crippen LogP contribution in [0.3, 0.4) is 0 Å². The Kier molecular flexibility index (Phi) is 3.75. The van der Waals surface area contributed by atoms with E-state index >= 15 is 0 Å². The zero-order valence-corrected chi connectivity index (χ0v) is 12.3. The summed E-state index contributed by atoms with van der Waals surface area (Å²) in [6.07, 6.45) is 3.77. The molecule has 1 aromatic heterocycles. The van der Waals surface area contributed by atoms with Gasteiger partial charge in [0.1, 0.15) is 12.3 Å². The van der Waals surface area contributed by atoms with Crippen LogP contribution in [0.2, 0.25) is 0 Å². The summed E-state index contributed by atoms with van der Waals surface area (Å²) in [6.45, 7) is -0.227. The van der Waals surface area contributed by atoms with E-state index in [-0.39, 0.29) is 24.9 Å². The van der Waals surface area contributed by atoms with Gasteiger partial charge in [0.05, 0.1) is 13.5 Å². The molecule has 22 heavy (non-hydrogen) atoms. The summed E-state index contributed by atoms with van der Waals surface area (Å²) in [5, 5.41) is 9.89. The molecule has 116 valence electrons. The van der Waals surface area contributed by atoms with Crippen LogP contribution in [0.1, 0.15) is 18.4 Å². The van der Waals surface area contributed by atoms with Gasteiger partial charge in [0.25, 0.3) is 0 Å². The summed E-state index contributed by atoms with van der Waals surface area (Å²) in [6, 6.07) is 5.72. The van der Waals surface area contributed by atoms with Crippen LogP contribution in [0.25, 0.3) is 10.9 Å². The molecule has 0 radical (unpaired) electrons. The van der Waals surface area contributed by atoms with Gasteiger partial charge < -0.3 is 19.7 Å². The van der Waals surface area contributed by atoms with Crippen molar-refractivity contribution < 1.29 is 19.4 Å². The molecule has 6 nitrogen and oxygen atoms in total. The number of carboxylic acid groups (broad SMARTS) is 1. The van der Waals surface area contributed by atoms with Crippen molar-refractivity contribution in [1.29, 1.82) is 0 Å². The predicted molar refractivity (Wildman–Crippen MR) is 80.9 cm³/mol. The maximum Gasteiger partial charge on any atom is 0.323 e. The molecule has 0 bridgehead atoms. The van der Waals surface area contributed by atoms with E-state index in [0.29, 0.717) is 0 Å². The first-order valence-electron chi connectivity index (χ1n) is 7.23. The van der Waals surface area contributed by atoms with Crippen LogP contribution in [0, 0.1) is 0 Å². The number of aromatic nitrogens is 1. The van der Waals surface area contributed by atoms with Gasteiger partial charge in [0.2, 0.25) is 5.91 Å². The fourth-order valence-electron chi connectivity index (χ4n) is 2.65. The molecule has 2 aromatic rings. The first-order valence-corrected chi connectivity index (χ1v) is 7.23. The number of aliphatic carboxylic acids is 1. The Labute approximate surface area is 127 Å². The van der Waals surface area contributed by atoms with Crippen molar-refractivity contribution in [2.45, 2.75) is 25.3 Å². The molecule has 1 fully saturated rings. The molecule has 1 aromatic carbocycles. The van der Waals surface area contributed by atoms with Crippen molar-refractivity contribution in [3.63, 3.8) is 0 Å². The molecule has 3 rings (SSSR count). The van der Waals surface area contributed by atoms with Gasteiger partial charge in [0.15, 0.2) is 0 Å². The second-order valence-electron chi connectivity index (χ2n) is 5.55. The minimum Gasteiger partial charge on any atom is -0.497 e. The molecule has 0 aliphatic heterocycles. The maximum absolute atomic E-state index is 12.4. The number of H-pyrrole nitrogens is 1. The average molecular weight is 302 g/mol. The highest BCUT2D eigenvalue weighted by atomic mass is 16.5. The van der Waals surface area contributed by atoms with Crippen LogP contribution >= 0.6 is 0 Å². The standard InChI is InChI=1S/C16H18N2O4/c1-22-12-4-5-14-13(7-12)10(8-17-14)6-15(19)18(9-16(20)21)11-2-3-11/h4-5,7-8,11,17H,2-3,6,9H2,1H3,(H,20,21). The van der Waals surface area contributed by atoms with Crippen molar-refractivity contribution in [2.24, 2.45) is 0 Å². The van der Waals surface area contributed by atoms with Crippen LogP contribution in [-0.4, -0.2) is 46.6 Å². The third-order valence-electron chi connectivity index (χ3n) is 3.93. The second-order valence-corrected chi connectivity index (χ2v) is 5.55. The van der Waals surface area contributed by atoms with Crippen LogP contribution in [0.5, 0.6) is 5.75 Å². The molecule has 1 aliphatic rings. The molecule has 0 unspecified atom stereocenters. The zero-order valence-electron chi connectivity index (χ0n) is 12.3. The van der Waals surface area contributed by atoms with E-state index in [4.69, 9.17) is 9.84 Å². The number of carbonyl (C=O) groups excluding carboxylic acids is 1. The van der Waals surface area contributed by atoms with Gasteiger partial charge >= 0.3 is 5.97 Å². The molecule has 0 saturated heterocycles. The summed E-state index contributed by atoms with van der Waals surface area (Å²) in [5.74, 6) is -0.389. The minimum absolute atomic E-state index is 0.0864. The lowest BCUT2D eigenvalue weighted by Gasteiger charge is -2.20. The van der Waals surface area contributed by atoms with Crippen molar-refractivity contribution in [2.75, 3.05) is 13.7 Å². The number of carboxylic acids is 1. The number of aromatic amines is 1. The van der Waals surface area contributed by atoms with Crippen LogP contribution in [0.15, 0.2) is 24.4 Å². The van der Waals surface area contributed by atoms with Crippen LogP contribution < -0.4 is 4.74 Å². The number of fused-ring (bicyclic) bond motifs is 1. The molecule has 0 spiro atoms. The fourth-order valence-corrected chi connectivity index (χ4v) is 2.65. The zero-order chi connectivity index (χ0) is 15.7. The highest BCUT2D eigenvalue weighted by Crippen LogP contribution is 2.29. The largest absolute Gasteiger partial charge is 0.497 e. The van der Waals surface area contributed by atoms with E-state index in [1.807, 2.05) is 18.2 Å². The van der Waals surface area contributed by atoms with Gasteiger partial charge in [-0.05, 0) is 36.6 Å². The first kappa shape index (κ1) is 14.4. The lowest BCUT2D eigenvalue weighted by molar-refractivity contribution is -0.144. The summed E-state index contributed by atoms with van der Waals surface area (Å²) in [4.78, 5) is 28.0. The Bertz CT molecular complexity index is 718. The molecule has 1 heterocycles. The number of nitrogens with one attached hydrogen (secondary N) is 1. The summed E-state index contributed by atoms with van der Waals surface area (Å²) in [7, 11) is 1.60. The highest BCUT2D eigenvalue weighted by Gasteiger charge is 2.33. The Balaban J connectivity index is 1.82. The molecular formula is C16H18N2O4. The van der Waals surface area contributed by atoms with Gasteiger partial charge in [-0.1, -0.05) is 0 Å². The Morgan fingerprint density at radius 1 is 1.41 bits per heavy atom. The summed E-state index contributed by atoms with van der Waals surface area (Å²) >= 11 is 0. The third kappa shape index (κ3) is 2.90. The minimum atomic E-state index is -0.971. The van der Waals surface area contributed by atoms with Crippen LogP contribution in [-0.2, 0) is 16.0 Å². The number of hydrogen-bond acceptors (Lipinski definition) is 3. The molecule has 6 heteroatoms. The van der Waals surface area contributed by atoms with E-state index in [1.54, 1.807) is 13.3 Å². The summed E-state index contributed by atoms with van der Waals surface area (Å²) < 4.78 is 5.21. The van der Waals surface area contributed by atoms with Gasteiger partial charge in [-0.3, -0.25) is 9.59 Å². The number of rotatable bonds is 6. The van der Waals surface area contributed by atoms with Crippen LogP contribution in [0.4, 0.5) is 0 Å². The molecular weight excluding hydrogens is 284 g/mol. The number of hydrogen-bond donors (Lipinski definition) is 2. The normalized spacial score (nSPS) is 14.0. The Morgan fingerprint density at radius 3 is 2.82 bits per heavy atom. The Morgan fingerprint density at radius 2 is 2.18 bits per heavy atom. The number of ether oxygens (including phenoxy) is 1. The van der Waals surface area contributed by atoms with Crippen molar-refractivity contribution >= 4 is 22.8 Å². The SMILES string of the molecule is COc1ccc2[nH]cc(CC(=O)N(CC(=O)O)C3CC3)c2c1. The smallest absolute Gasteiger partial charge is 0.323 e. The monoisotopic (exact) mass is 302 g/mol. The van der Waals surface area contributed by atoms with Gasteiger partial charge in [-0.15, -0.1) is 0 Å². The number of methoxy groups -OCH3 is 1. The highest BCUT2D eigenvalue weighted by molar-refractivity contribution is 5.91. The van der Waals surface area contributed by atoms with E-state index in [2.05, 4.69) is 4.98 Å². The third-order valence-corrected chi connectivity index (χ3v) is 3.93. The first-order chi connectivity index (χ1) is 10.6. The number of carbonyl (C=O) groups is 2. The summed E-state index contributed by atoms with van der Waals surface area (Å²) in [5.41, 5.74) is 1.79. The average Bonchev–Trinajstić information content (AvgIpc) is 3.27. The van der Waals surface area contributed by atoms with Gasteiger partial charge in [-0.25, -0.2) is 0 Å². The van der Waals surface area contributed by atoms with E-state index in [9.17, 15) is 9.59 Å². The predicted octanol–water partition coefficient (Wildman–Crippen LogP) is 1.79. The number of benzene rings is 1. The molecule has 0 atom stereocenters. The quantitative estimate of drug-likeness (QED) is 0.852. The van der Waals surface area contributed by atoms with E-state index in [1.165, 1.54) is 4.90 Å². The number of nitrogens with zero attached hydrogens (tertiary/aromatic N) is 1. The van der Waals surface area contributed by atoms with Gasteiger partial charge in [-0.2, -0.15) is 0 Å². The molecule has 1 saturated carbocycles. The lowest BCUT2D eigenvalue weighted by atomic mass is 10.1. The van der Waals surface area contributed by atoms with Crippen molar-refractivity contribution in [3.8, 4) is 5.75 Å². The van der Waals surface area contributed by atoms with Crippen molar-refractivity contribution in [1.82, 2.24) is 9.88 Å². The molecule has 1 aliphatic carbocycles. The maximum atomic E-state index is 12.4. The van der Waals surface area contributed by atoms with E-state index < -0.39 is 5.97 Å². The molecule has 2 N–H and O–H groups in total. The second kappa shape index (κ2) is 5.71. The Hall–Kier alpha value is -2.50. The lowest BCUT2D eigenvalue weighted by Crippen LogP contribution is -2.38. The number of amides is 1.